The van der Waals surface area contributed by atoms with Gasteiger partial charge in [0.15, 0.2) is 0 Å². The molecule has 1 atom stereocenters. The Hall–Kier alpha value is -1.83. The minimum absolute atomic E-state index is 0.00646. The van der Waals surface area contributed by atoms with Crippen molar-refractivity contribution in [2.24, 2.45) is 5.73 Å². The Bertz CT molecular complexity index is 409. The molecule has 1 unspecified atom stereocenters. The molecule has 0 spiro atoms. The lowest BCUT2D eigenvalue weighted by Gasteiger charge is -2.20. The Morgan fingerprint density at radius 1 is 1.47 bits per heavy atom. The predicted octanol–water partition coefficient (Wildman–Crippen LogP) is 1.90. The van der Waals surface area contributed by atoms with Crippen molar-refractivity contribution < 1.29 is 18.1 Å². The Labute approximate surface area is 94.6 Å². The molecule has 1 aromatic rings. The summed E-state index contributed by atoms with van der Waals surface area (Å²) in [6.45, 7) is -0.647. The van der Waals surface area contributed by atoms with Crippen molar-refractivity contribution in [3.05, 3.63) is 34.4 Å². The van der Waals surface area contributed by atoms with E-state index in [1.165, 1.54) is 18.2 Å². The average Bonchev–Trinajstić information content (AvgIpc) is 2.24. The molecule has 1 rings (SSSR count). The second-order valence-corrected chi connectivity index (χ2v) is 3.28. The van der Waals surface area contributed by atoms with Gasteiger partial charge in [0.25, 0.3) is 5.69 Å². The molecule has 0 aromatic heterocycles. The number of rotatable bonds is 4. The van der Waals surface area contributed by atoms with Crippen molar-refractivity contribution >= 4 is 11.4 Å². The largest absolute Gasteiger partial charge is 0.409 e. The lowest BCUT2D eigenvalue weighted by molar-refractivity contribution is -0.384. The fraction of sp³-hybridized carbons (Fsp3) is 0.333. The minimum Gasteiger partial charge on any atom is -0.373 e. The monoisotopic (exact) mass is 249 g/mol. The summed E-state index contributed by atoms with van der Waals surface area (Å²) in [6, 6.07) is 2.89. The number of hydrogen-bond acceptors (Lipinski definition) is 4. The van der Waals surface area contributed by atoms with Crippen LogP contribution in [0.1, 0.15) is 0 Å². The van der Waals surface area contributed by atoms with E-state index in [0.717, 1.165) is 6.07 Å². The third-order valence-corrected chi connectivity index (χ3v) is 2.03. The van der Waals surface area contributed by atoms with Crippen molar-refractivity contribution in [1.82, 2.24) is 0 Å². The van der Waals surface area contributed by atoms with Gasteiger partial charge >= 0.3 is 6.18 Å². The number of alkyl halides is 3. The molecule has 0 bridgehead atoms. The molecule has 0 saturated heterocycles. The van der Waals surface area contributed by atoms with Crippen molar-refractivity contribution in [2.75, 3.05) is 11.9 Å². The second-order valence-electron chi connectivity index (χ2n) is 3.28. The summed E-state index contributed by atoms with van der Waals surface area (Å²) in [5, 5.41) is 12.5. The Morgan fingerprint density at radius 3 is 2.59 bits per heavy atom. The number of halogens is 3. The van der Waals surface area contributed by atoms with Crippen molar-refractivity contribution in [2.45, 2.75) is 12.2 Å². The molecular formula is C9H10F3N3O2. The van der Waals surface area contributed by atoms with Gasteiger partial charge in [0.2, 0.25) is 0 Å². The van der Waals surface area contributed by atoms with Gasteiger partial charge < -0.3 is 11.1 Å². The molecule has 0 amide bonds. The first-order valence-electron chi connectivity index (χ1n) is 4.62. The first-order chi connectivity index (χ1) is 7.84. The molecule has 17 heavy (non-hydrogen) atoms. The molecule has 0 aliphatic heterocycles. The SMILES string of the molecule is NCC(Nc1cccc([N+](=O)[O-])c1)C(F)(F)F. The van der Waals surface area contributed by atoms with Crippen molar-refractivity contribution in [1.29, 1.82) is 0 Å². The maximum Gasteiger partial charge on any atom is 0.409 e. The second kappa shape index (κ2) is 5.00. The van der Waals surface area contributed by atoms with Crippen molar-refractivity contribution in [3.8, 4) is 0 Å². The molecule has 94 valence electrons. The van der Waals surface area contributed by atoms with E-state index >= 15 is 0 Å². The highest BCUT2D eigenvalue weighted by atomic mass is 19.4. The molecule has 5 nitrogen and oxygen atoms in total. The van der Waals surface area contributed by atoms with Gasteiger partial charge in [-0.15, -0.1) is 0 Å². The third-order valence-electron chi connectivity index (χ3n) is 2.03. The van der Waals surface area contributed by atoms with Crippen LogP contribution in [0.25, 0.3) is 0 Å². The normalized spacial score (nSPS) is 13.2. The quantitative estimate of drug-likeness (QED) is 0.630. The average molecular weight is 249 g/mol. The van der Waals surface area contributed by atoms with Gasteiger partial charge in [-0.2, -0.15) is 13.2 Å². The van der Waals surface area contributed by atoms with E-state index in [4.69, 9.17) is 5.73 Å². The van der Waals surface area contributed by atoms with Crippen LogP contribution in [0.3, 0.4) is 0 Å². The topological polar surface area (TPSA) is 81.2 Å². The highest BCUT2D eigenvalue weighted by Gasteiger charge is 2.38. The van der Waals surface area contributed by atoms with Crippen LogP contribution in [0.2, 0.25) is 0 Å². The van der Waals surface area contributed by atoms with Crippen LogP contribution in [0.15, 0.2) is 24.3 Å². The predicted molar refractivity (Wildman–Crippen MR) is 55.6 cm³/mol. The van der Waals surface area contributed by atoms with Gasteiger partial charge in [-0.3, -0.25) is 10.1 Å². The molecule has 0 heterocycles. The zero-order valence-corrected chi connectivity index (χ0v) is 8.57. The standard InChI is InChI=1S/C9H10F3N3O2/c10-9(11,12)8(5-13)14-6-2-1-3-7(4-6)15(16)17/h1-4,8,14H,5,13H2. The Kier molecular flexibility index (Phi) is 3.89. The fourth-order valence-electron chi connectivity index (χ4n) is 1.18. The smallest absolute Gasteiger partial charge is 0.373 e. The summed E-state index contributed by atoms with van der Waals surface area (Å²) in [7, 11) is 0. The number of non-ortho nitro benzene ring substituents is 1. The van der Waals surface area contributed by atoms with Gasteiger partial charge in [-0.05, 0) is 6.07 Å². The lowest BCUT2D eigenvalue weighted by Crippen LogP contribution is -2.42. The number of nitrogens with one attached hydrogen (secondary N) is 1. The van der Waals surface area contributed by atoms with E-state index in [0.29, 0.717) is 0 Å². The number of nitro benzene ring substituents is 1. The van der Waals surface area contributed by atoms with Crippen LogP contribution in [0, 0.1) is 10.1 Å². The number of nitrogens with zero attached hydrogens (tertiary/aromatic N) is 1. The van der Waals surface area contributed by atoms with Gasteiger partial charge in [0, 0.05) is 24.4 Å². The van der Waals surface area contributed by atoms with Crippen molar-refractivity contribution in [3.63, 3.8) is 0 Å². The van der Waals surface area contributed by atoms with Gasteiger partial charge in [-0.1, -0.05) is 6.07 Å². The molecule has 0 radical (unpaired) electrons. The number of anilines is 1. The fourth-order valence-corrected chi connectivity index (χ4v) is 1.18. The van der Waals surface area contributed by atoms with Gasteiger partial charge in [0.1, 0.15) is 6.04 Å². The molecule has 0 saturated carbocycles. The zero-order chi connectivity index (χ0) is 13.1. The highest BCUT2D eigenvalue weighted by Crippen LogP contribution is 2.24. The lowest BCUT2D eigenvalue weighted by atomic mass is 10.2. The molecule has 0 aliphatic carbocycles. The first-order valence-corrected chi connectivity index (χ1v) is 4.62. The first kappa shape index (κ1) is 13.2. The summed E-state index contributed by atoms with van der Waals surface area (Å²) >= 11 is 0. The number of hydrogen-bond donors (Lipinski definition) is 2. The van der Waals surface area contributed by atoms with Crippen LogP contribution in [0.4, 0.5) is 24.5 Å². The van der Waals surface area contributed by atoms with Gasteiger partial charge in [-0.25, -0.2) is 0 Å². The Morgan fingerprint density at radius 2 is 2.12 bits per heavy atom. The van der Waals surface area contributed by atoms with E-state index in [9.17, 15) is 23.3 Å². The molecule has 8 heteroatoms. The van der Waals surface area contributed by atoms with E-state index in [-0.39, 0.29) is 11.4 Å². The number of nitro groups is 1. The molecule has 3 N–H and O–H groups in total. The maximum absolute atomic E-state index is 12.4. The van der Waals surface area contributed by atoms with Crippen LogP contribution < -0.4 is 11.1 Å². The summed E-state index contributed by atoms with van der Waals surface area (Å²) in [6.07, 6.45) is -4.50. The summed E-state index contributed by atoms with van der Waals surface area (Å²) in [4.78, 5) is 9.75. The van der Waals surface area contributed by atoms with Crippen LogP contribution in [0.5, 0.6) is 0 Å². The van der Waals surface area contributed by atoms with Crippen LogP contribution in [-0.4, -0.2) is 23.7 Å². The summed E-state index contributed by atoms with van der Waals surface area (Å²) < 4.78 is 37.2. The minimum atomic E-state index is -4.50. The summed E-state index contributed by atoms with van der Waals surface area (Å²) in [5.41, 5.74) is 4.71. The van der Waals surface area contributed by atoms with Crippen LogP contribution >= 0.6 is 0 Å². The van der Waals surface area contributed by atoms with Crippen LogP contribution in [-0.2, 0) is 0 Å². The third kappa shape index (κ3) is 3.59. The summed E-state index contributed by atoms with van der Waals surface area (Å²) in [5.74, 6) is 0. The maximum atomic E-state index is 12.4. The zero-order valence-electron chi connectivity index (χ0n) is 8.57. The molecule has 1 aromatic carbocycles. The van der Waals surface area contributed by atoms with E-state index in [2.05, 4.69) is 5.32 Å². The number of benzene rings is 1. The molecule has 0 fully saturated rings. The van der Waals surface area contributed by atoms with Gasteiger partial charge in [0.05, 0.1) is 4.92 Å². The Balaban J connectivity index is 2.87. The van der Waals surface area contributed by atoms with E-state index < -0.39 is 23.7 Å². The van der Waals surface area contributed by atoms with E-state index in [1.807, 2.05) is 0 Å². The highest BCUT2D eigenvalue weighted by molar-refractivity contribution is 5.51. The number of nitrogens with two attached hydrogens (primary N) is 1. The molecular weight excluding hydrogens is 239 g/mol. The molecule has 0 aliphatic rings. The van der Waals surface area contributed by atoms with E-state index in [1.54, 1.807) is 0 Å².